The number of hydrogen-bond acceptors (Lipinski definition) is 3. The number of Topliss-reactive ketones (excluding diaryl/α,β-unsaturated/α-hetero) is 1. The lowest BCUT2D eigenvalue weighted by Crippen LogP contribution is -2.46. The zero-order chi connectivity index (χ0) is 12.5. The number of nitrogens with zero attached hydrogens (tertiary/aromatic N) is 1. The first-order chi connectivity index (χ1) is 8.74. The third kappa shape index (κ3) is 1.98. The average molecular weight is 245 g/mol. The normalized spacial score (nSPS) is 22.6. The molecule has 0 spiro atoms. The second-order valence-corrected chi connectivity index (χ2v) is 4.82. The number of piperidine rings is 1. The minimum atomic E-state index is -0.451. The van der Waals surface area contributed by atoms with E-state index in [0.717, 1.165) is 17.7 Å². The van der Waals surface area contributed by atoms with Crippen LogP contribution in [0.2, 0.25) is 0 Å². The summed E-state index contributed by atoms with van der Waals surface area (Å²) < 4.78 is 5.65. The molecule has 1 aromatic carbocycles. The molecule has 2 aliphatic heterocycles. The molecule has 1 unspecified atom stereocenters. The molecule has 4 nitrogen and oxygen atoms in total. The van der Waals surface area contributed by atoms with E-state index in [1.165, 1.54) is 0 Å². The first-order valence-electron chi connectivity index (χ1n) is 6.29. The first-order valence-corrected chi connectivity index (χ1v) is 6.29. The molecule has 0 N–H and O–H groups in total. The van der Waals surface area contributed by atoms with Gasteiger partial charge in [-0.15, -0.1) is 0 Å². The van der Waals surface area contributed by atoms with Crippen LogP contribution in [-0.2, 0) is 16.0 Å². The van der Waals surface area contributed by atoms with Crippen molar-refractivity contribution in [2.75, 3.05) is 13.1 Å². The maximum absolute atomic E-state index is 12.3. The number of carbonyl (C=O) groups excluding carboxylic acids is 2. The summed E-state index contributed by atoms with van der Waals surface area (Å²) in [4.78, 5) is 25.3. The lowest BCUT2D eigenvalue weighted by atomic mass is 10.1. The van der Waals surface area contributed by atoms with Gasteiger partial charge in [-0.25, -0.2) is 0 Å². The lowest BCUT2D eigenvalue weighted by molar-refractivity contribution is -0.142. The van der Waals surface area contributed by atoms with Crippen LogP contribution in [0.15, 0.2) is 24.3 Å². The molecule has 1 amide bonds. The molecular weight excluding hydrogens is 230 g/mol. The van der Waals surface area contributed by atoms with Gasteiger partial charge in [0.25, 0.3) is 5.91 Å². The summed E-state index contributed by atoms with van der Waals surface area (Å²) in [5, 5.41) is 0. The van der Waals surface area contributed by atoms with Gasteiger partial charge in [-0.3, -0.25) is 9.59 Å². The number of fused-ring (bicyclic) bond motifs is 1. The summed E-state index contributed by atoms with van der Waals surface area (Å²) in [6.45, 7) is 0.913. The van der Waals surface area contributed by atoms with Crippen molar-refractivity contribution in [1.29, 1.82) is 0 Å². The zero-order valence-electron chi connectivity index (χ0n) is 10.1. The third-order valence-corrected chi connectivity index (χ3v) is 3.49. The molecule has 18 heavy (non-hydrogen) atoms. The molecule has 3 rings (SSSR count). The number of benzene rings is 1. The van der Waals surface area contributed by atoms with E-state index < -0.39 is 6.10 Å². The summed E-state index contributed by atoms with van der Waals surface area (Å²) in [6.07, 6.45) is 1.52. The van der Waals surface area contributed by atoms with Crippen molar-refractivity contribution in [1.82, 2.24) is 4.90 Å². The summed E-state index contributed by atoms with van der Waals surface area (Å²) in [5.74, 6) is 0.878. The average Bonchev–Trinajstić information content (AvgIpc) is 2.81. The van der Waals surface area contributed by atoms with Gasteiger partial charge in [0.15, 0.2) is 11.9 Å². The van der Waals surface area contributed by atoms with Crippen LogP contribution in [0.25, 0.3) is 0 Å². The minimum absolute atomic E-state index is 0.0562. The maximum Gasteiger partial charge on any atom is 0.264 e. The molecule has 1 saturated heterocycles. The highest BCUT2D eigenvalue weighted by molar-refractivity contribution is 5.89. The summed E-state index contributed by atoms with van der Waals surface area (Å²) in [5.41, 5.74) is 1.07. The molecule has 2 heterocycles. The van der Waals surface area contributed by atoms with E-state index in [0.29, 0.717) is 19.4 Å². The SMILES string of the molecule is O=C1CCCN(C(=O)C2Cc3ccccc3O2)C1. The van der Waals surface area contributed by atoms with Gasteiger partial charge < -0.3 is 9.64 Å². The lowest BCUT2D eigenvalue weighted by Gasteiger charge is -2.27. The predicted molar refractivity (Wildman–Crippen MR) is 65.4 cm³/mol. The predicted octanol–water partition coefficient (Wildman–Crippen LogP) is 1.18. The van der Waals surface area contributed by atoms with Gasteiger partial charge in [-0.05, 0) is 18.1 Å². The van der Waals surface area contributed by atoms with Crippen LogP contribution in [0.1, 0.15) is 18.4 Å². The fourth-order valence-electron chi connectivity index (χ4n) is 2.55. The number of hydrogen-bond donors (Lipinski definition) is 0. The number of amides is 1. The van der Waals surface area contributed by atoms with Gasteiger partial charge in [0.05, 0.1) is 6.54 Å². The molecule has 0 aliphatic carbocycles. The molecule has 0 aromatic heterocycles. The number of para-hydroxylation sites is 1. The summed E-state index contributed by atoms with van der Waals surface area (Å²) in [6, 6.07) is 7.70. The van der Waals surface area contributed by atoms with Crippen LogP contribution in [0.5, 0.6) is 5.75 Å². The Kier molecular flexibility index (Phi) is 2.78. The van der Waals surface area contributed by atoms with Crippen LogP contribution in [-0.4, -0.2) is 35.8 Å². The van der Waals surface area contributed by atoms with Crippen LogP contribution >= 0.6 is 0 Å². The highest BCUT2D eigenvalue weighted by Crippen LogP contribution is 2.29. The van der Waals surface area contributed by atoms with Crippen LogP contribution in [0.3, 0.4) is 0 Å². The standard InChI is InChI=1S/C14H15NO3/c16-11-5-3-7-15(9-11)14(17)13-8-10-4-1-2-6-12(10)18-13/h1-2,4,6,13H,3,5,7-9H2. The van der Waals surface area contributed by atoms with E-state index in [4.69, 9.17) is 4.74 Å². The van der Waals surface area contributed by atoms with Gasteiger partial charge in [-0.1, -0.05) is 18.2 Å². The minimum Gasteiger partial charge on any atom is -0.480 e. The molecule has 1 aromatic rings. The van der Waals surface area contributed by atoms with Crippen LogP contribution in [0.4, 0.5) is 0 Å². The van der Waals surface area contributed by atoms with Crippen molar-refractivity contribution in [3.05, 3.63) is 29.8 Å². The maximum atomic E-state index is 12.3. The van der Waals surface area contributed by atoms with Gasteiger partial charge in [0.1, 0.15) is 5.75 Å². The van der Waals surface area contributed by atoms with Crippen molar-refractivity contribution >= 4 is 11.7 Å². The number of carbonyl (C=O) groups is 2. The van der Waals surface area contributed by atoms with Crippen LogP contribution in [0, 0.1) is 0 Å². The molecule has 94 valence electrons. The largest absolute Gasteiger partial charge is 0.480 e. The monoisotopic (exact) mass is 245 g/mol. The van der Waals surface area contributed by atoms with Crippen LogP contribution < -0.4 is 4.74 Å². The van der Waals surface area contributed by atoms with E-state index in [-0.39, 0.29) is 18.2 Å². The smallest absolute Gasteiger partial charge is 0.264 e. The molecule has 1 fully saturated rings. The Labute approximate surface area is 106 Å². The van der Waals surface area contributed by atoms with Gasteiger partial charge in [0, 0.05) is 19.4 Å². The number of ether oxygens (including phenoxy) is 1. The Morgan fingerprint density at radius 2 is 2.17 bits per heavy atom. The fraction of sp³-hybridized carbons (Fsp3) is 0.429. The molecule has 2 aliphatic rings. The van der Waals surface area contributed by atoms with Gasteiger partial charge in [-0.2, -0.15) is 0 Å². The van der Waals surface area contributed by atoms with Crippen molar-refractivity contribution in [2.45, 2.75) is 25.4 Å². The second-order valence-electron chi connectivity index (χ2n) is 4.82. The Balaban J connectivity index is 1.70. The van der Waals surface area contributed by atoms with E-state index >= 15 is 0 Å². The van der Waals surface area contributed by atoms with E-state index in [9.17, 15) is 9.59 Å². The first kappa shape index (κ1) is 11.3. The van der Waals surface area contributed by atoms with Crippen molar-refractivity contribution in [3.8, 4) is 5.75 Å². The molecular formula is C14H15NO3. The molecule has 0 saturated carbocycles. The van der Waals surface area contributed by atoms with Crippen molar-refractivity contribution in [2.24, 2.45) is 0 Å². The van der Waals surface area contributed by atoms with E-state index in [1.54, 1.807) is 4.90 Å². The van der Waals surface area contributed by atoms with E-state index in [1.807, 2.05) is 24.3 Å². The summed E-state index contributed by atoms with van der Waals surface area (Å²) >= 11 is 0. The third-order valence-electron chi connectivity index (χ3n) is 3.49. The Morgan fingerprint density at radius 3 is 2.94 bits per heavy atom. The van der Waals surface area contributed by atoms with Crippen molar-refractivity contribution < 1.29 is 14.3 Å². The molecule has 0 radical (unpaired) electrons. The fourth-order valence-corrected chi connectivity index (χ4v) is 2.55. The number of likely N-dealkylation sites (tertiary alicyclic amines) is 1. The molecule has 1 atom stereocenters. The number of rotatable bonds is 1. The highest BCUT2D eigenvalue weighted by atomic mass is 16.5. The molecule has 4 heteroatoms. The zero-order valence-corrected chi connectivity index (χ0v) is 10.1. The molecule has 0 bridgehead atoms. The van der Waals surface area contributed by atoms with Gasteiger partial charge in [0.2, 0.25) is 0 Å². The number of ketones is 1. The Hall–Kier alpha value is -1.84. The van der Waals surface area contributed by atoms with E-state index in [2.05, 4.69) is 0 Å². The van der Waals surface area contributed by atoms with Crippen molar-refractivity contribution in [3.63, 3.8) is 0 Å². The Morgan fingerprint density at radius 1 is 1.33 bits per heavy atom. The summed E-state index contributed by atoms with van der Waals surface area (Å²) in [7, 11) is 0. The second kappa shape index (κ2) is 4.44. The topological polar surface area (TPSA) is 46.6 Å². The quantitative estimate of drug-likeness (QED) is 0.746. The van der Waals surface area contributed by atoms with Gasteiger partial charge >= 0.3 is 0 Å². The highest BCUT2D eigenvalue weighted by Gasteiger charge is 2.33. The Bertz CT molecular complexity index is 473.